The Morgan fingerprint density at radius 1 is 0.927 bits per heavy atom. The zero-order valence-electron chi connectivity index (χ0n) is 22.5. The van der Waals surface area contributed by atoms with Crippen molar-refractivity contribution in [2.45, 2.75) is 6.92 Å². The lowest BCUT2D eigenvalue weighted by molar-refractivity contribution is -0.384. The second-order valence-electron chi connectivity index (χ2n) is 9.56. The first-order chi connectivity index (χ1) is 19.8. The molecule has 10 nitrogen and oxygen atoms in total. The normalized spacial score (nSPS) is 13.1. The van der Waals surface area contributed by atoms with Gasteiger partial charge in [0.1, 0.15) is 11.6 Å². The minimum absolute atomic E-state index is 0.0659. The van der Waals surface area contributed by atoms with Crippen molar-refractivity contribution in [1.82, 2.24) is 14.4 Å². The number of carbonyl (C=O) groups is 2. The van der Waals surface area contributed by atoms with Crippen LogP contribution in [0.25, 0.3) is 16.9 Å². The van der Waals surface area contributed by atoms with Crippen molar-refractivity contribution < 1.29 is 23.6 Å². The number of aromatic nitrogens is 1. The molecular weight excluding hydrogens is 529 g/mol. The van der Waals surface area contributed by atoms with Gasteiger partial charge >= 0.3 is 6.03 Å². The van der Waals surface area contributed by atoms with Crippen LogP contribution < -0.4 is 10.1 Å². The van der Waals surface area contributed by atoms with E-state index in [1.807, 2.05) is 24.3 Å². The zero-order chi connectivity index (χ0) is 29.1. The number of hydrogen-bond acceptors (Lipinski definition) is 5. The first-order valence-electron chi connectivity index (χ1n) is 13.0. The summed E-state index contributed by atoms with van der Waals surface area (Å²) in [6.45, 7) is 3.02. The maximum absolute atomic E-state index is 15.0. The van der Waals surface area contributed by atoms with Gasteiger partial charge in [0, 0.05) is 55.3 Å². The van der Waals surface area contributed by atoms with Crippen LogP contribution in [0, 0.1) is 22.9 Å². The highest BCUT2D eigenvalue weighted by molar-refractivity contribution is 5.98. The topological polar surface area (TPSA) is 110 Å². The predicted molar refractivity (Wildman–Crippen MR) is 152 cm³/mol. The van der Waals surface area contributed by atoms with Crippen LogP contribution in [0.4, 0.5) is 20.6 Å². The van der Waals surface area contributed by atoms with Crippen molar-refractivity contribution >= 4 is 23.3 Å². The molecule has 3 aromatic carbocycles. The highest BCUT2D eigenvalue weighted by Gasteiger charge is 2.29. The summed E-state index contributed by atoms with van der Waals surface area (Å²) in [4.78, 5) is 40.1. The first kappa shape index (κ1) is 27.4. The molecule has 1 fully saturated rings. The fraction of sp³-hybridized carbons (Fsp3) is 0.200. The van der Waals surface area contributed by atoms with Gasteiger partial charge in [-0.25, -0.2) is 9.18 Å². The summed E-state index contributed by atoms with van der Waals surface area (Å²) in [5, 5.41) is 13.6. The van der Waals surface area contributed by atoms with Crippen molar-refractivity contribution in [3.8, 4) is 22.7 Å². The second kappa shape index (κ2) is 11.5. The fourth-order valence-corrected chi connectivity index (χ4v) is 4.91. The largest absolute Gasteiger partial charge is 0.497 e. The molecule has 0 bridgehead atoms. The molecule has 0 atom stereocenters. The molecule has 1 N–H and O–H groups in total. The molecule has 4 aromatic rings. The lowest BCUT2D eigenvalue weighted by Crippen LogP contribution is -2.51. The minimum atomic E-state index is -0.506. The summed E-state index contributed by atoms with van der Waals surface area (Å²) >= 11 is 0. The maximum Gasteiger partial charge on any atom is 0.321 e. The number of nitrogens with one attached hydrogen (secondary N) is 1. The van der Waals surface area contributed by atoms with Gasteiger partial charge in [0.05, 0.1) is 29.0 Å². The lowest BCUT2D eigenvalue weighted by atomic mass is 10.1. The number of halogens is 1. The van der Waals surface area contributed by atoms with Gasteiger partial charge in [-0.15, -0.1) is 0 Å². The van der Waals surface area contributed by atoms with Crippen LogP contribution in [0.1, 0.15) is 16.1 Å². The molecule has 3 amide bonds. The highest BCUT2D eigenvalue weighted by Crippen LogP contribution is 2.33. The quantitative estimate of drug-likeness (QED) is 0.249. The number of methoxy groups -OCH3 is 1. The summed E-state index contributed by atoms with van der Waals surface area (Å²) in [6, 6.07) is 20.8. The average molecular weight is 558 g/mol. The number of urea groups is 1. The summed E-state index contributed by atoms with van der Waals surface area (Å²) in [5.41, 5.74) is 3.15. The molecule has 1 saturated heterocycles. The minimum Gasteiger partial charge on any atom is -0.497 e. The Morgan fingerprint density at radius 2 is 1.61 bits per heavy atom. The molecule has 1 aliphatic heterocycles. The number of hydrogen-bond donors (Lipinski definition) is 1. The Kier molecular flexibility index (Phi) is 7.68. The van der Waals surface area contributed by atoms with Gasteiger partial charge in [-0.1, -0.05) is 24.3 Å². The second-order valence-corrected chi connectivity index (χ2v) is 9.56. The molecule has 0 radical (unpaired) electrons. The molecule has 1 aliphatic rings. The molecule has 1 aromatic heterocycles. The number of nitro groups is 1. The summed E-state index contributed by atoms with van der Waals surface area (Å²) in [5.74, 6) is 0.0107. The van der Waals surface area contributed by atoms with Crippen molar-refractivity contribution in [3.63, 3.8) is 0 Å². The van der Waals surface area contributed by atoms with E-state index in [9.17, 15) is 24.1 Å². The predicted octanol–water partition coefficient (Wildman–Crippen LogP) is 5.50. The van der Waals surface area contributed by atoms with Crippen molar-refractivity contribution in [2.75, 3.05) is 38.6 Å². The Labute approximate surface area is 235 Å². The van der Waals surface area contributed by atoms with Gasteiger partial charge in [-0.05, 0) is 49.4 Å². The number of anilines is 1. The van der Waals surface area contributed by atoms with Gasteiger partial charge in [-0.3, -0.25) is 14.9 Å². The molecule has 0 aliphatic carbocycles. The number of para-hydroxylation sites is 1. The molecular formula is C30H28FN5O5. The Morgan fingerprint density at radius 3 is 2.27 bits per heavy atom. The summed E-state index contributed by atoms with van der Waals surface area (Å²) < 4.78 is 22.1. The van der Waals surface area contributed by atoms with Gasteiger partial charge in [0.2, 0.25) is 0 Å². The third-order valence-electron chi connectivity index (χ3n) is 7.12. The van der Waals surface area contributed by atoms with Crippen LogP contribution in [-0.4, -0.2) is 64.5 Å². The Hall–Kier alpha value is -5.19. The molecule has 210 valence electrons. The number of ether oxygens (including phenoxy) is 1. The molecule has 41 heavy (non-hydrogen) atoms. The highest BCUT2D eigenvalue weighted by atomic mass is 19.1. The zero-order valence-corrected chi connectivity index (χ0v) is 22.5. The molecule has 5 rings (SSSR count). The number of piperazine rings is 1. The van der Waals surface area contributed by atoms with Crippen LogP contribution in [0.15, 0.2) is 78.9 Å². The first-order valence-corrected chi connectivity index (χ1v) is 13.0. The third kappa shape index (κ3) is 5.60. The van der Waals surface area contributed by atoms with Crippen LogP contribution >= 0.6 is 0 Å². The lowest BCUT2D eigenvalue weighted by Gasteiger charge is -2.34. The van der Waals surface area contributed by atoms with Gasteiger partial charge < -0.3 is 24.4 Å². The molecule has 11 heteroatoms. The number of benzene rings is 3. The third-order valence-corrected chi connectivity index (χ3v) is 7.12. The number of rotatable bonds is 6. The van der Waals surface area contributed by atoms with E-state index in [0.29, 0.717) is 60.3 Å². The number of carbonyl (C=O) groups excluding carboxylic acids is 2. The van der Waals surface area contributed by atoms with Crippen LogP contribution in [-0.2, 0) is 0 Å². The van der Waals surface area contributed by atoms with Crippen molar-refractivity contribution in [2.24, 2.45) is 0 Å². The standard InChI is InChI=1S/C30H28FN5O5/c1-20-25(19-28(21-6-5-7-24(18-21)41-2)35(20)27-9-4-3-8-26(27)31)29(37)33-14-16-34(17-15-33)30(38)32-22-10-12-23(13-11-22)36(39)40/h3-13,18-19H,14-17H2,1-2H3,(H,32,38). The van der Waals surface area contributed by atoms with Gasteiger partial charge in [-0.2, -0.15) is 0 Å². The van der Waals surface area contributed by atoms with Gasteiger partial charge in [0.25, 0.3) is 11.6 Å². The monoisotopic (exact) mass is 557 g/mol. The number of nitrogens with zero attached hydrogens (tertiary/aromatic N) is 4. The van der Waals surface area contributed by atoms with E-state index in [-0.39, 0.29) is 17.6 Å². The van der Waals surface area contributed by atoms with E-state index < -0.39 is 10.7 Å². The van der Waals surface area contributed by atoms with E-state index in [4.69, 9.17) is 4.74 Å². The van der Waals surface area contributed by atoms with E-state index in [1.165, 1.54) is 30.3 Å². The smallest absolute Gasteiger partial charge is 0.321 e. The fourth-order valence-electron chi connectivity index (χ4n) is 4.91. The van der Waals surface area contributed by atoms with Crippen LogP contribution in [0.3, 0.4) is 0 Å². The summed E-state index contributed by atoms with van der Waals surface area (Å²) in [7, 11) is 1.57. The van der Waals surface area contributed by atoms with E-state index in [1.54, 1.807) is 52.7 Å². The number of amides is 3. The molecule has 2 heterocycles. The average Bonchev–Trinajstić information content (AvgIpc) is 3.34. The molecule has 0 unspecified atom stereocenters. The molecule has 0 saturated carbocycles. The Bertz CT molecular complexity index is 1610. The Balaban J connectivity index is 1.35. The van der Waals surface area contributed by atoms with Crippen LogP contribution in [0.2, 0.25) is 0 Å². The van der Waals surface area contributed by atoms with E-state index >= 15 is 0 Å². The molecule has 0 spiro atoms. The van der Waals surface area contributed by atoms with Gasteiger partial charge in [0.15, 0.2) is 0 Å². The van der Waals surface area contributed by atoms with Crippen LogP contribution in [0.5, 0.6) is 5.75 Å². The van der Waals surface area contributed by atoms with E-state index in [0.717, 1.165) is 5.56 Å². The maximum atomic E-state index is 15.0. The number of nitro benzene ring substituents is 1. The van der Waals surface area contributed by atoms with Crippen molar-refractivity contribution in [1.29, 1.82) is 0 Å². The SMILES string of the molecule is COc1cccc(-c2cc(C(=O)N3CCN(C(=O)Nc4ccc([N+](=O)[O-])cc4)CC3)c(C)n2-c2ccccc2F)c1. The van der Waals surface area contributed by atoms with E-state index in [2.05, 4.69) is 5.32 Å². The summed E-state index contributed by atoms with van der Waals surface area (Å²) in [6.07, 6.45) is 0. The number of non-ortho nitro benzene ring substituents is 1. The van der Waals surface area contributed by atoms with Crippen molar-refractivity contribution in [3.05, 3.63) is 106 Å².